The summed E-state index contributed by atoms with van der Waals surface area (Å²) in [6.45, 7) is 2.93. The lowest BCUT2D eigenvalue weighted by Crippen LogP contribution is -2.24. The SMILES string of the molecule is CCn1cc(Cl)c(C(=O)NCc2ccccc2Cl)n1. The number of rotatable bonds is 4. The lowest BCUT2D eigenvalue weighted by Gasteiger charge is -2.05. The van der Waals surface area contributed by atoms with Crippen molar-refractivity contribution >= 4 is 29.1 Å². The van der Waals surface area contributed by atoms with Crippen LogP contribution in [0, 0.1) is 0 Å². The maximum absolute atomic E-state index is 12.0. The molecule has 0 saturated heterocycles. The first kappa shape index (κ1) is 13.9. The molecule has 0 unspecified atom stereocenters. The van der Waals surface area contributed by atoms with E-state index in [2.05, 4.69) is 10.4 Å². The highest BCUT2D eigenvalue weighted by Crippen LogP contribution is 2.16. The van der Waals surface area contributed by atoms with Crippen LogP contribution in [-0.2, 0) is 13.1 Å². The van der Waals surface area contributed by atoms with Gasteiger partial charge < -0.3 is 5.32 Å². The van der Waals surface area contributed by atoms with Crippen molar-refractivity contribution in [2.45, 2.75) is 20.0 Å². The molecule has 0 saturated carbocycles. The topological polar surface area (TPSA) is 46.9 Å². The molecule has 100 valence electrons. The van der Waals surface area contributed by atoms with Crippen molar-refractivity contribution < 1.29 is 4.79 Å². The maximum Gasteiger partial charge on any atom is 0.273 e. The van der Waals surface area contributed by atoms with Gasteiger partial charge >= 0.3 is 0 Å². The van der Waals surface area contributed by atoms with E-state index in [0.717, 1.165) is 5.56 Å². The van der Waals surface area contributed by atoms with Crippen LogP contribution in [0.5, 0.6) is 0 Å². The summed E-state index contributed by atoms with van der Waals surface area (Å²) in [6, 6.07) is 7.34. The molecule has 0 radical (unpaired) electrons. The molecule has 1 heterocycles. The molecule has 0 bridgehead atoms. The molecule has 0 aliphatic carbocycles. The van der Waals surface area contributed by atoms with Crippen LogP contribution in [0.15, 0.2) is 30.5 Å². The Hall–Kier alpha value is -1.52. The highest BCUT2D eigenvalue weighted by molar-refractivity contribution is 6.33. The first-order valence-electron chi connectivity index (χ1n) is 5.86. The van der Waals surface area contributed by atoms with Gasteiger partial charge in [-0.1, -0.05) is 41.4 Å². The van der Waals surface area contributed by atoms with Gasteiger partial charge in [0.1, 0.15) is 0 Å². The van der Waals surface area contributed by atoms with Crippen molar-refractivity contribution in [3.63, 3.8) is 0 Å². The minimum Gasteiger partial charge on any atom is -0.346 e. The fraction of sp³-hybridized carbons (Fsp3) is 0.231. The molecule has 0 spiro atoms. The van der Waals surface area contributed by atoms with Gasteiger partial charge in [-0.05, 0) is 18.6 Å². The van der Waals surface area contributed by atoms with Gasteiger partial charge in [-0.2, -0.15) is 5.10 Å². The van der Waals surface area contributed by atoms with E-state index >= 15 is 0 Å². The number of hydrogen-bond donors (Lipinski definition) is 1. The van der Waals surface area contributed by atoms with Crippen LogP contribution in [0.2, 0.25) is 10.0 Å². The predicted molar refractivity (Wildman–Crippen MR) is 75.5 cm³/mol. The normalized spacial score (nSPS) is 10.5. The Labute approximate surface area is 121 Å². The summed E-state index contributed by atoms with van der Waals surface area (Å²) in [6.07, 6.45) is 1.63. The number of nitrogens with zero attached hydrogens (tertiary/aromatic N) is 2. The molecule has 1 aromatic carbocycles. The van der Waals surface area contributed by atoms with E-state index < -0.39 is 0 Å². The zero-order valence-electron chi connectivity index (χ0n) is 10.4. The van der Waals surface area contributed by atoms with Crippen LogP contribution in [0.1, 0.15) is 23.0 Å². The van der Waals surface area contributed by atoms with Gasteiger partial charge in [0.2, 0.25) is 0 Å². The fourth-order valence-electron chi connectivity index (χ4n) is 1.61. The first-order valence-corrected chi connectivity index (χ1v) is 6.62. The molecule has 0 aliphatic heterocycles. The fourth-order valence-corrected chi connectivity index (χ4v) is 2.05. The summed E-state index contributed by atoms with van der Waals surface area (Å²) < 4.78 is 1.62. The lowest BCUT2D eigenvalue weighted by molar-refractivity contribution is 0.0945. The van der Waals surface area contributed by atoms with Crippen molar-refractivity contribution in [3.8, 4) is 0 Å². The van der Waals surface area contributed by atoms with E-state index in [0.29, 0.717) is 23.1 Å². The van der Waals surface area contributed by atoms with Crippen LogP contribution in [0.3, 0.4) is 0 Å². The van der Waals surface area contributed by atoms with Gasteiger partial charge in [0, 0.05) is 24.3 Å². The second-order valence-corrected chi connectivity index (χ2v) is 4.77. The van der Waals surface area contributed by atoms with Crippen LogP contribution >= 0.6 is 23.2 Å². The van der Waals surface area contributed by atoms with Crippen molar-refractivity contribution in [2.24, 2.45) is 0 Å². The largest absolute Gasteiger partial charge is 0.346 e. The highest BCUT2D eigenvalue weighted by Gasteiger charge is 2.15. The third-order valence-electron chi connectivity index (χ3n) is 2.65. The monoisotopic (exact) mass is 297 g/mol. The molecular weight excluding hydrogens is 285 g/mol. The molecule has 1 amide bonds. The number of halogens is 2. The van der Waals surface area contributed by atoms with Gasteiger partial charge in [0.25, 0.3) is 5.91 Å². The van der Waals surface area contributed by atoms with E-state index in [4.69, 9.17) is 23.2 Å². The highest BCUT2D eigenvalue weighted by atomic mass is 35.5. The average Bonchev–Trinajstić information content (AvgIpc) is 2.79. The van der Waals surface area contributed by atoms with Gasteiger partial charge in [0.05, 0.1) is 5.02 Å². The van der Waals surface area contributed by atoms with Gasteiger partial charge in [0.15, 0.2) is 5.69 Å². The quantitative estimate of drug-likeness (QED) is 0.942. The predicted octanol–water partition coefficient (Wildman–Crippen LogP) is 3.14. The molecule has 2 rings (SSSR count). The second-order valence-electron chi connectivity index (χ2n) is 3.96. The van der Waals surface area contributed by atoms with Crippen LogP contribution in [0.4, 0.5) is 0 Å². The summed E-state index contributed by atoms with van der Waals surface area (Å²) in [5.74, 6) is -0.308. The number of benzene rings is 1. The van der Waals surface area contributed by atoms with Crippen LogP contribution in [0.25, 0.3) is 0 Å². The zero-order valence-corrected chi connectivity index (χ0v) is 11.9. The first-order chi connectivity index (χ1) is 9.11. The lowest BCUT2D eigenvalue weighted by atomic mass is 10.2. The molecule has 19 heavy (non-hydrogen) atoms. The summed E-state index contributed by atoms with van der Waals surface area (Å²) in [5, 5.41) is 7.82. The number of amides is 1. The Morgan fingerprint density at radius 1 is 1.32 bits per heavy atom. The number of carbonyl (C=O) groups excluding carboxylic acids is 1. The molecule has 0 atom stereocenters. The third kappa shape index (κ3) is 3.28. The van der Waals surface area contributed by atoms with Crippen LogP contribution in [-0.4, -0.2) is 15.7 Å². The van der Waals surface area contributed by atoms with E-state index in [-0.39, 0.29) is 11.6 Å². The minimum atomic E-state index is -0.308. The molecular formula is C13H13Cl2N3O. The molecule has 6 heteroatoms. The molecule has 2 aromatic rings. The summed E-state index contributed by atoms with van der Waals surface area (Å²) >= 11 is 12.0. The second kappa shape index (κ2) is 6.08. The van der Waals surface area contributed by atoms with E-state index in [1.54, 1.807) is 16.9 Å². The Morgan fingerprint density at radius 3 is 2.68 bits per heavy atom. The van der Waals surface area contributed by atoms with E-state index in [9.17, 15) is 4.79 Å². The van der Waals surface area contributed by atoms with Crippen molar-refractivity contribution in [3.05, 3.63) is 51.8 Å². The molecule has 1 N–H and O–H groups in total. The Morgan fingerprint density at radius 2 is 2.05 bits per heavy atom. The van der Waals surface area contributed by atoms with E-state index in [1.807, 2.05) is 25.1 Å². The number of aromatic nitrogens is 2. The Kier molecular flexibility index (Phi) is 4.45. The molecule has 0 fully saturated rings. The average molecular weight is 298 g/mol. The van der Waals surface area contributed by atoms with E-state index in [1.165, 1.54) is 0 Å². The Balaban J connectivity index is 2.05. The smallest absolute Gasteiger partial charge is 0.273 e. The summed E-state index contributed by atoms with van der Waals surface area (Å²) in [7, 11) is 0. The zero-order chi connectivity index (χ0) is 13.8. The van der Waals surface area contributed by atoms with Gasteiger partial charge in [-0.15, -0.1) is 0 Å². The minimum absolute atomic E-state index is 0.232. The van der Waals surface area contributed by atoms with Gasteiger partial charge in [-0.3, -0.25) is 9.48 Å². The van der Waals surface area contributed by atoms with Crippen molar-refractivity contribution in [2.75, 3.05) is 0 Å². The number of hydrogen-bond acceptors (Lipinski definition) is 2. The Bertz CT molecular complexity index is 595. The van der Waals surface area contributed by atoms with Crippen LogP contribution < -0.4 is 5.32 Å². The number of aryl methyl sites for hydroxylation is 1. The summed E-state index contributed by atoms with van der Waals surface area (Å²) in [5.41, 5.74) is 1.08. The molecule has 1 aromatic heterocycles. The number of nitrogens with one attached hydrogen (secondary N) is 1. The molecule has 0 aliphatic rings. The van der Waals surface area contributed by atoms with Crippen molar-refractivity contribution in [1.29, 1.82) is 0 Å². The molecule has 4 nitrogen and oxygen atoms in total. The van der Waals surface area contributed by atoms with Gasteiger partial charge in [-0.25, -0.2) is 0 Å². The standard InChI is InChI=1S/C13H13Cl2N3O/c1-2-18-8-11(15)12(17-18)13(19)16-7-9-5-3-4-6-10(9)14/h3-6,8H,2,7H2,1H3,(H,16,19). The van der Waals surface area contributed by atoms with Crippen molar-refractivity contribution in [1.82, 2.24) is 15.1 Å². The summed E-state index contributed by atoms with van der Waals surface area (Å²) in [4.78, 5) is 12.0. The maximum atomic E-state index is 12.0. The number of carbonyl (C=O) groups is 1. The third-order valence-corrected chi connectivity index (χ3v) is 3.30.